The van der Waals surface area contributed by atoms with E-state index in [2.05, 4.69) is 47.2 Å². The van der Waals surface area contributed by atoms with E-state index in [-0.39, 0.29) is 0 Å². The highest BCUT2D eigenvalue weighted by Crippen LogP contribution is 2.28. The monoisotopic (exact) mass is 329 g/mol. The van der Waals surface area contributed by atoms with Crippen molar-refractivity contribution in [1.82, 2.24) is 5.32 Å². The van der Waals surface area contributed by atoms with Crippen LogP contribution in [0.25, 0.3) is 0 Å². The average molecular weight is 330 g/mol. The molecule has 1 atom stereocenters. The first kappa shape index (κ1) is 16.5. The standard InChI is InChI=1S/C15H24BrNO2/c1-4-8-17-12(2)13-6-7-15(14(16)11-13)19-10-5-9-18-3/h6-7,11-12,17H,4-5,8-10H2,1-3H3. The largest absolute Gasteiger partial charge is 0.492 e. The van der Waals surface area contributed by atoms with E-state index in [1.807, 2.05) is 6.07 Å². The first-order chi connectivity index (χ1) is 9.19. The van der Waals surface area contributed by atoms with Crippen molar-refractivity contribution < 1.29 is 9.47 Å². The molecule has 1 aromatic rings. The van der Waals surface area contributed by atoms with Crippen molar-refractivity contribution in [3.8, 4) is 5.75 Å². The lowest BCUT2D eigenvalue weighted by molar-refractivity contribution is 0.172. The van der Waals surface area contributed by atoms with Crippen molar-refractivity contribution in [2.45, 2.75) is 32.7 Å². The second kappa shape index (κ2) is 9.34. The molecule has 1 N–H and O–H groups in total. The molecule has 0 aliphatic carbocycles. The molecule has 1 aromatic carbocycles. The van der Waals surface area contributed by atoms with Gasteiger partial charge in [-0.25, -0.2) is 0 Å². The van der Waals surface area contributed by atoms with Crippen LogP contribution in [-0.2, 0) is 4.74 Å². The fourth-order valence-corrected chi connectivity index (χ4v) is 2.28. The fourth-order valence-electron chi connectivity index (χ4n) is 1.77. The van der Waals surface area contributed by atoms with Crippen molar-refractivity contribution in [1.29, 1.82) is 0 Å². The van der Waals surface area contributed by atoms with E-state index in [9.17, 15) is 0 Å². The lowest BCUT2D eigenvalue weighted by Crippen LogP contribution is -2.19. The maximum absolute atomic E-state index is 5.71. The number of nitrogens with one attached hydrogen (secondary N) is 1. The van der Waals surface area contributed by atoms with Crippen LogP contribution in [0.15, 0.2) is 22.7 Å². The van der Waals surface area contributed by atoms with Gasteiger partial charge in [-0.1, -0.05) is 13.0 Å². The van der Waals surface area contributed by atoms with Gasteiger partial charge in [0.2, 0.25) is 0 Å². The highest BCUT2D eigenvalue weighted by molar-refractivity contribution is 9.10. The van der Waals surface area contributed by atoms with Crippen LogP contribution in [0.3, 0.4) is 0 Å². The second-order valence-corrected chi connectivity index (χ2v) is 5.41. The Morgan fingerprint density at radius 2 is 2.11 bits per heavy atom. The van der Waals surface area contributed by atoms with Crippen LogP contribution in [0.5, 0.6) is 5.75 Å². The van der Waals surface area contributed by atoms with E-state index in [1.54, 1.807) is 7.11 Å². The Kier molecular flexibility index (Phi) is 8.10. The summed E-state index contributed by atoms with van der Waals surface area (Å²) < 4.78 is 11.7. The summed E-state index contributed by atoms with van der Waals surface area (Å²) >= 11 is 3.57. The van der Waals surface area contributed by atoms with Gasteiger partial charge >= 0.3 is 0 Å². The molecule has 0 radical (unpaired) electrons. The lowest BCUT2D eigenvalue weighted by atomic mass is 10.1. The summed E-state index contributed by atoms with van der Waals surface area (Å²) in [5.41, 5.74) is 1.27. The number of hydrogen-bond acceptors (Lipinski definition) is 3. The predicted molar refractivity (Wildman–Crippen MR) is 82.8 cm³/mol. The molecule has 0 bridgehead atoms. The first-order valence-corrected chi connectivity index (χ1v) is 7.63. The first-order valence-electron chi connectivity index (χ1n) is 6.83. The van der Waals surface area contributed by atoms with Gasteiger partial charge in [0.1, 0.15) is 5.75 Å². The van der Waals surface area contributed by atoms with Gasteiger partial charge in [0, 0.05) is 26.2 Å². The van der Waals surface area contributed by atoms with Gasteiger partial charge in [-0.05, 0) is 53.5 Å². The second-order valence-electron chi connectivity index (χ2n) is 4.56. The Morgan fingerprint density at radius 3 is 2.74 bits per heavy atom. The average Bonchev–Trinajstić information content (AvgIpc) is 2.42. The van der Waals surface area contributed by atoms with E-state index in [4.69, 9.17) is 9.47 Å². The maximum Gasteiger partial charge on any atom is 0.133 e. The number of benzene rings is 1. The minimum atomic E-state index is 0.360. The Bertz CT molecular complexity index is 371. The minimum absolute atomic E-state index is 0.360. The highest BCUT2D eigenvalue weighted by atomic mass is 79.9. The Labute approximate surface area is 124 Å². The molecule has 108 valence electrons. The van der Waals surface area contributed by atoms with Gasteiger partial charge in [-0.2, -0.15) is 0 Å². The van der Waals surface area contributed by atoms with Gasteiger partial charge in [-0.15, -0.1) is 0 Å². The van der Waals surface area contributed by atoms with Crippen molar-refractivity contribution in [3.05, 3.63) is 28.2 Å². The summed E-state index contributed by atoms with van der Waals surface area (Å²) in [4.78, 5) is 0. The zero-order valence-corrected chi connectivity index (χ0v) is 13.6. The maximum atomic E-state index is 5.71. The van der Waals surface area contributed by atoms with Crippen molar-refractivity contribution in [2.24, 2.45) is 0 Å². The summed E-state index contributed by atoms with van der Waals surface area (Å²) in [6.07, 6.45) is 2.05. The molecule has 4 heteroatoms. The Hall–Kier alpha value is -0.580. The quantitative estimate of drug-likeness (QED) is 0.696. The molecule has 0 fully saturated rings. The van der Waals surface area contributed by atoms with Crippen LogP contribution >= 0.6 is 15.9 Å². The summed E-state index contributed by atoms with van der Waals surface area (Å²) in [6.45, 7) is 6.79. The summed E-state index contributed by atoms with van der Waals surface area (Å²) in [6, 6.07) is 6.62. The van der Waals surface area contributed by atoms with E-state index in [1.165, 1.54) is 5.56 Å². The third kappa shape index (κ3) is 5.93. The molecule has 0 saturated carbocycles. The van der Waals surface area contributed by atoms with Gasteiger partial charge in [0.25, 0.3) is 0 Å². The summed E-state index contributed by atoms with van der Waals surface area (Å²) in [5.74, 6) is 0.891. The Balaban J connectivity index is 2.53. The number of rotatable bonds is 9. The molecule has 0 saturated heterocycles. The molecular weight excluding hydrogens is 306 g/mol. The zero-order chi connectivity index (χ0) is 14.1. The van der Waals surface area contributed by atoms with Gasteiger partial charge in [0.15, 0.2) is 0 Å². The molecule has 1 unspecified atom stereocenters. The zero-order valence-electron chi connectivity index (χ0n) is 12.0. The van der Waals surface area contributed by atoms with Gasteiger partial charge in [0.05, 0.1) is 11.1 Å². The van der Waals surface area contributed by atoms with Crippen LogP contribution < -0.4 is 10.1 Å². The smallest absolute Gasteiger partial charge is 0.133 e. The topological polar surface area (TPSA) is 30.5 Å². The van der Waals surface area contributed by atoms with E-state index in [0.717, 1.165) is 36.2 Å². The normalized spacial score (nSPS) is 12.4. The van der Waals surface area contributed by atoms with Crippen LogP contribution in [0.1, 0.15) is 38.3 Å². The van der Waals surface area contributed by atoms with Crippen molar-refractivity contribution in [3.63, 3.8) is 0 Å². The van der Waals surface area contributed by atoms with E-state index < -0.39 is 0 Å². The van der Waals surface area contributed by atoms with E-state index >= 15 is 0 Å². The molecular formula is C15H24BrNO2. The lowest BCUT2D eigenvalue weighted by Gasteiger charge is -2.15. The molecule has 19 heavy (non-hydrogen) atoms. The van der Waals surface area contributed by atoms with Crippen LogP contribution in [0, 0.1) is 0 Å². The van der Waals surface area contributed by atoms with Crippen LogP contribution in [-0.4, -0.2) is 26.9 Å². The molecule has 0 aliphatic rings. The summed E-state index contributed by atoms with van der Waals surface area (Å²) in [7, 11) is 1.70. The molecule has 1 rings (SSSR count). The van der Waals surface area contributed by atoms with Gasteiger partial charge < -0.3 is 14.8 Å². The molecule has 3 nitrogen and oxygen atoms in total. The third-order valence-electron chi connectivity index (χ3n) is 2.91. The fraction of sp³-hybridized carbons (Fsp3) is 0.600. The molecule has 0 heterocycles. The Morgan fingerprint density at radius 1 is 1.32 bits per heavy atom. The number of ether oxygens (including phenoxy) is 2. The molecule has 0 spiro atoms. The van der Waals surface area contributed by atoms with Crippen molar-refractivity contribution in [2.75, 3.05) is 26.9 Å². The number of methoxy groups -OCH3 is 1. The van der Waals surface area contributed by atoms with Gasteiger partial charge in [-0.3, -0.25) is 0 Å². The third-order valence-corrected chi connectivity index (χ3v) is 3.53. The van der Waals surface area contributed by atoms with E-state index in [0.29, 0.717) is 12.6 Å². The van der Waals surface area contributed by atoms with Crippen LogP contribution in [0.4, 0.5) is 0 Å². The summed E-state index contributed by atoms with van der Waals surface area (Å²) in [5, 5.41) is 3.48. The predicted octanol–water partition coefficient (Wildman–Crippen LogP) is 3.93. The number of halogens is 1. The minimum Gasteiger partial charge on any atom is -0.492 e. The molecule has 0 aromatic heterocycles. The molecule has 0 amide bonds. The highest BCUT2D eigenvalue weighted by Gasteiger charge is 2.08. The number of hydrogen-bond donors (Lipinski definition) is 1. The SMILES string of the molecule is CCCNC(C)c1ccc(OCCCOC)c(Br)c1. The van der Waals surface area contributed by atoms with Crippen molar-refractivity contribution >= 4 is 15.9 Å². The van der Waals surface area contributed by atoms with Crippen LogP contribution in [0.2, 0.25) is 0 Å². The molecule has 0 aliphatic heterocycles.